The number of ketones is 2. The molecule has 0 aliphatic carbocycles. The molecule has 4 N–H and O–H groups in total. The van der Waals surface area contributed by atoms with Gasteiger partial charge >= 0.3 is 0 Å². The molecule has 4 nitrogen and oxygen atoms in total. The average molecular weight is 316 g/mol. The Morgan fingerprint density at radius 1 is 0.583 bits per heavy atom. The van der Waals surface area contributed by atoms with Crippen LogP contribution in [0, 0.1) is 0 Å². The van der Waals surface area contributed by atoms with Gasteiger partial charge in [0.15, 0.2) is 11.6 Å². The first-order valence-electron chi connectivity index (χ1n) is 7.46. The molecule has 0 radical (unpaired) electrons. The number of carbonyl (C=O) groups excluding carboxylic acids is 2. The van der Waals surface area contributed by atoms with Crippen molar-refractivity contribution in [3.63, 3.8) is 0 Å². The van der Waals surface area contributed by atoms with Crippen LogP contribution in [0.15, 0.2) is 72.8 Å². The normalized spacial score (nSPS) is 10.3. The first-order valence-corrected chi connectivity index (χ1v) is 7.46. The quantitative estimate of drug-likeness (QED) is 0.571. The van der Waals surface area contributed by atoms with E-state index in [4.69, 9.17) is 11.5 Å². The minimum absolute atomic E-state index is 0.219. The van der Waals surface area contributed by atoms with Crippen molar-refractivity contribution in [2.45, 2.75) is 0 Å². The molecule has 0 fully saturated rings. The Hall–Kier alpha value is -3.40. The second-order valence-electron chi connectivity index (χ2n) is 5.41. The zero-order chi connectivity index (χ0) is 17.1. The van der Waals surface area contributed by atoms with Crippen LogP contribution in [0.3, 0.4) is 0 Å². The van der Waals surface area contributed by atoms with Gasteiger partial charge in [-0.05, 0) is 30.3 Å². The Balaban J connectivity index is 1.98. The summed E-state index contributed by atoms with van der Waals surface area (Å²) >= 11 is 0. The number of hydrogen-bond acceptors (Lipinski definition) is 4. The molecule has 0 saturated carbocycles. The predicted molar refractivity (Wildman–Crippen MR) is 95.0 cm³/mol. The number of nitrogens with two attached hydrogens (primary N) is 2. The Bertz CT molecular complexity index is 859. The van der Waals surface area contributed by atoms with Gasteiger partial charge in [0.05, 0.1) is 0 Å². The standard InChI is InChI=1S/C20H16N2O2/c21-17-10-3-1-8-15(17)19(23)13-6-5-7-14(12-13)20(24)16-9-2-4-11-18(16)22/h1-12H,21-22H2. The number of benzene rings is 3. The molecule has 0 spiro atoms. The maximum absolute atomic E-state index is 12.6. The average Bonchev–Trinajstić information content (AvgIpc) is 2.61. The molecular weight excluding hydrogens is 300 g/mol. The number of nitrogen functional groups attached to an aromatic ring is 2. The van der Waals surface area contributed by atoms with E-state index in [2.05, 4.69) is 0 Å². The number of anilines is 2. The molecule has 0 unspecified atom stereocenters. The summed E-state index contributed by atoms with van der Waals surface area (Å²) in [5.41, 5.74) is 14.2. The third kappa shape index (κ3) is 2.90. The maximum Gasteiger partial charge on any atom is 0.195 e. The Kier molecular flexibility index (Phi) is 4.12. The fourth-order valence-corrected chi connectivity index (χ4v) is 2.52. The van der Waals surface area contributed by atoms with E-state index in [1.165, 1.54) is 0 Å². The molecule has 0 heterocycles. The van der Waals surface area contributed by atoms with Crippen LogP contribution in [0.25, 0.3) is 0 Å². The zero-order valence-corrected chi connectivity index (χ0v) is 12.9. The van der Waals surface area contributed by atoms with E-state index in [9.17, 15) is 9.59 Å². The lowest BCUT2D eigenvalue weighted by Gasteiger charge is -2.08. The molecule has 0 aromatic heterocycles. The Morgan fingerprint density at radius 3 is 1.42 bits per heavy atom. The smallest absolute Gasteiger partial charge is 0.195 e. The van der Waals surface area contributed by atoms with Crippen molar-refractivity contribution in [2.75, 3.05) is 11.5 Å². The van der Waals surface area contributed by atoms with Gasteiger partial charge in [0.1, 0.15) is 0 Å². The summed E-state index contributed by atoms with van der Waals surface area (Å²) in [6, 6.07) is 20.3. The van der Waals surface area contributed by atoms with E-state index in [1.54, 1.807) is 72.8 Å². The molecule has 3 rings (SSSR count). The first-order chi connectivity index (χ1) is 11.6. The predicted octanol–water partition coefficient (Wildman–Crippen LogP) is 3.31. The van der Waals surface area contributed by atoms with Crippen molar-refractivity contribution in [3.8, 4) is 0 Å². The molecule has 0 atom stereocenters. The van der Waals surface area contributed by atoms with Crippen molar-refractivity contribution < 1.29 is 9.59 Å². The van der Waals surface area contributed by atoms with Gasteiger partial charge < -0.3 is 11.5 Å². The maximum atomic E-state index is 12.6. The molecule has 0 aliphatic rings. The van der Waals surface area contributed by atoms with Crippen LogP contribution in [0.5, 0.6) is 0 Å². The van der Waals surface area contributed by atoms with Crippen molar-refractivity contribution in [1.82, 2.24) is 0 Å². The van der Waals surface area contributed by atoms with Gasteiger partial charge in [0.25, 0.3) is 0 Å². The second-order valence-corrected chi connectivity index (χ2v) is 5.41. The summed E-state index contributed by atoms with van der Waals surface area (Å²) < 4.78 is 0. The highest BCUT2D eigenvalue weighted by Crippen LogP contribution is 2.20. The van der Waals surface area contributed by atoms with Crippen molar-refractivity contribution >= 4 is 22.9 Å². The van der Waals surface area contributed by atoms with Gasteiger partial charge in [-0.2, -0.15) is 0 Å². The molecule has 0 amide bonds. The van der Waals surface area contributed by atoms with Crippen molar-refractivity contribution in [3.05, 3.63) is 95.1 Å². The first kappa shape index (κ1) is 15.5. The van der Waals surface area contributed by atoms with Crippen molar-refractivity contribution in [1.29, 1.82) is 0 Å². The third-order valence-electron chi connectivity index (χ3n) is 3.80. The van der Waals surface area contributed by atoms with Crippen LogP contribution in [0.2, 0.25) is 0 Å². The summed E-state index contributed by atoms with van der Waals surface area (Å²) in [6.45, 7) is 0. The van der Waals surface area contributed by atoms with Crippen LogP contribution in [0.1, 0.15) is 31.8 Å². The van der Waals surface area contributed by atoms with Crippen LogP contribution in [-0.4, -0.2) is 11.6 Å². The van der Waals surface area contributed by atoms with Gasteiger partial charge in [-0.25, -0.2) is 0 Å². The lowest BCUT2D eigenvalue weighted by atomic mass is 9.96. The van der Waals surface area contributed by atoms with E-state index in [1.807, 2.05) is 0 Å². The minimum Gasteiger partial charge on any atom is -0.398 e. The lowest BCUT2D eigenvalue weighted by Crippen LogP contribution is -2.09. The number of hydrogen-bond donors (Lipinski definition) is 2. The van der Waals surface area contributed by atoms with E-state index in [0.717, 1.165) is 0 Å². The molecule has 4 heteroatoms. The molecule has 3 aromatic carbocycles. The molecule has 0 bridgehead atoms. The highest BCUT2D eigenvalue weighted by Gasteiger charge is 2.16. The van der Waals surface area contributed by atoms with Crippen LogP contribution in [-0.2, 0) is 0 Å². The molecule has 3 aromatic rings. The molecule has 0 saturated heterocycles. The van der Waals surface area contributed by atoms with Gasteiger partial charge in [0.2, 0.25) is 0 Å². The summed E-state index contributed by atoms with van der Waals surface area (Å²) in [5, 5.41) is 0. The van der Waals surface area contributed by atoms with E-state index in [0.29, 0.717) is 33.6 Å². The summed E-state index contributed by atoms with van der Waals surface area (Å²) in [4.78, 5) is 25.3. The SMILES string of the molecule is Nc1ccccc1C(=O)c1cccc(C(=O)c2ccccc2N)c1. The van der Waals surface area contributed by atoms with E-state index in [-0.39, 0.29) is 11.6 Å². The van der Waals surface area contributed by atoms with Crippen LogP contribution >= 0.6 is 0 Å². The van der Waals surface area contributed by atoms with Gasteiger partial charge in [0, 0.05) is 33.6 Å². The fourth-order valence-electron chi connectivity index (χ4n) is 2.52. The van der Waals surface area contributed by atoms with Gasteiger partial charge in [-0.1, -0.05) is 42.5 Å². The highest BCUT2D eigenvalue weighted by molar-refractivity contribution is 6.15. The number of rotatable bonds is 4. The Morgan fingerprint density at radius 2 is 1.00 bits per heavy atom. The third-order valence-corrected chi connectivity index (χ3v) is 3.80. The number of carbonyl (C=O) groups is 2. The zero-order valence-electron chi connectivity index (χ0n) is 12.9. The van der Waals surface area contributed by atoms with Crippen molar-refractivity contribution in [2.24, 2.45) is 0 Å². The van der Waals surface area contributed by atoms with E-state index < -0.39 is 0 Å². The second kappa shape index (κ2) is 6.38. The molecule has 118 valence electrons. The topological polar surface area (TPSA) is 86.2 Å². The van der Waals surface area contributed by atoms with Gasteiger partial charge in [-0.15, -0.1) is 0 Å². The molecular formula is C20H16N2O2. The minimum atomic E-state index is -0.219. The monoisotopic (exact) mass is 316 g/mol. The molecule has 24 heavy (non-hydrogen) atoms. The van der Waals surface area contributed by atoms with Gasteiger partial charge in [-0.3, -0.25) is 9.59 Å². The summed E-state index contributed by atoms with van der Waals surface area (Å²) in [6.07, 6.45) is 0. The Labute approximate surface area is 139 Å². The van der Waals surface area contributed by atoms with Crippen LogP contribution < -0.4 is 11.5 Å². The van der Waals surface area contributed by atoms with Crippen LogP contribution in [0.4, 0.5) is 11.4 Å². The largest absolute Gasteiger partial charge is 0.398 e. The number of para-hydroxylation sites is 2. The summed E-state index contributed by atoms with van der Waals surface area (Å²) in [7, 11) is 0. The van der Waals surface area contributed by atoms with E-state index >= 15 is 0 Å². The fraction of sp³-hybridized carbons (Fsp3) is 0. The summed E-state index contributed by atoms with van der Waals surface area (Å²) in [5.74, 6) is -0.437. The molecule has 0 aliphatic heterocycles. The lowest BCUT2D eigenvalue weighted by molar-refractivity contribution is 0.103. The highest BCUT2D eigenvalue weighted by atomic mass is 16.1.